The van der Waals surface area contributed by atoms with Crippen LogP contribution in [0.15, 0.2) is 5.34 Å². The Morgan fingerprint density at radius 3 is 1.80 bits per heavy atom. The second kappa shape index (κ2) is 22.9. The molecule has 0 aliphatic heterocycles. The summed E-state index contributed by atoms with van der Waals surface area (Å²) >= 11 is 0. The van der Waals surface area contributed by atoms with Crippen molar-refractivity contribution in [2.24, 2.45) is 5.34 Å². The molecule has 0 rings (SSSR count). The second-order valence-electron chi connectivity index (χ2n) is 0.0816. The van der Waals surface area contributed by atoms with Crippen LogP contribution in [0.2, 0.25) is 0 Å². The molecule has 1 N–H and O–H groups in total. The summed E-state index contributed by atoms with van der Waals surface area (Å²) < 4.78 is 0. The molecule has 3 nitrogen and oxygen atoms in total. The largest absolute Gasteiger partial charge is 1.00 e. The van der Waals surface area contributed by atoms with E-state index >= 15 is 0 Å². The van der Waals surface area contributed by atoms with E-state index in [2.05, 4.69) is 0 Å². The van der Waals surface area contributed by atoms with Crippen LogP contribution >= 0.6 is 0 Å². The van der Waals surface area contributed by atoms with Gasteiger partial charge in [0.25, 0.3) is 0 Å². The molecule has 0 saturated carbocycles. The number of rotatable bonds is 0. The quantitative estimate of drug-likeness (QED) is 0.205. The molecule has 0 amide bonds. The van der Waals surface area contributed by atoms with Gasteiger partial charge in [-0.05, 0) is 0 Å². The van der Waals surface area contributed by atoms with Gasteiger partial charge in [0.05, 0.1) is 0 Å². The maximum Gasteiger partial charge on any atom is 1.00 e. The van der Waals surface area contributed by atoms with Gasteiger partial charge in [0.1, 0.15) is 0 Å². The van der Waals surface area contributed by atoms with E-state index in [9.17, 15) is 0 Å². The zero-order valence-corrected chi connectivity index (χ0v) is 2.30. The molecule has 0 heterocycles. The Morgan fingerprint density at radius 1 is 1.80 bits per heavy atom. The molecular weight excluding hydrogens is 123 g/mol. The molecule has 5 heteroatoms. The van der Waals surface area contributed by atoms with Crippen LogP contribution in [0.5, 0.6) is 0 Å². The van der Waals surface area contributed by atoms with Gasteiger partial charge >= 0.3 is 38.7 Å². The van der Waals surface area contributed by atoms with Crippen molar-refractivity contribution < 1.29 is 25.5 Å². The molecular formula is H5GaLiNO2. The summed E-state index contributed by atoms with van der Waals surface area (Å²) in [6.07, 6.45) is 0. The van der Waals surface area contributed by atoms with Gasteiger partial charge in [-0.1, -0.05) is 0 Å². The first-order valence-corrected chi connectivity index (χ1v) is 0.383. The number of hydrogen-bond donors (Lipinski definition) is 1. The minimum atomic E-state index is 0. The van der Waals surface area contributed by atoms with E-state index in [-0.39, 0.29) is 40.1 Å². The summed E-state index contributed by atoms with van der Waals surface area (Å²) in [5, 5.41) is 7.89. The van der Waals surface area contributed by atoms with Crippen LogP contribution in [0.3, 0.4) is 0 Å². The Balaban J connectivity index is -0.00000000667. The topological polar surface area (TPSA) is 49.7 Å². The van der Waals surface area contributed by atoms with E-state index in [0.717, 1.165) is 0 Å². The average molecular weight is 128 g/mol. The van der Waals surface area contributed by atoms with Crippen LogP contribution in [0, 0.1) is 4.91 Å². The monoisotopic (exact) mass is 127 g/mol. The van der Waals surface area contributed by atoms with Crippen molar-refractivity contribution in [2.45, 2.75) is 0 Å². The Kier molecular flexibility index (Phi) is 79.9. The zero-order chi connectivity index (χ0) is 2.71. The third kappa shape index (κ3) is 80.0. The van der Waals surface area contributed by atoms with Crippen molar-refractivity contribution in [2.75, 3.05) is 0 Å². The summed E-state index contributed by atoms with van der Waals surface area (Å²) in [5.74, 6) is 0. The second-order valence-corrected chi connectivity index (χ2v) is 0.0816. The Bertz CT molecular complexity index is 21.0. The molecule has 0 spiro atoms. The summed E-state index contributed by atoms with van der Waals surface area (Å²) in [4.78, 5) is 8.11. The maximum atomic E-state index is 8.11. The summed E-state index contributed by atoms with van der Waals surface area (Å²) in [6, 6.07) is 0. The standard InChI is InChI=1S/Ga.Li.HNO2.4H/c;;2-1-3;;;;/h;;(H,2,3);;;;/q;+1;;;;;-1. The van der Waals surface area contributed by atoms with Gasteiger partial charge in [0, 0.05) is 0 Å². The summed E-state index contributed by atoms with van der Waals surface area (Å²) in [7, 11) is 0. The van der Waals surface area contributed by atoms with Crippen molar-refractivity contribution >= 4 is 19.8 Å². The van der Waals surface area contributed by atoms with Crippen LogP contribution in [-0.4, -0.2) is 25.0 Å². The van der Waals surface area contributed by atoms with Crippen LogP contribution < -0.4 is 18.9 Å². The van der Waals surface area contributed by atoms with Crippen molar-refractivity contribution in [1.29, 1.82) is 0 Å². The van der Waals surface area contributed by atoms with Gasteiger partial charge in [-0.2, -0.15) is 0 Å². The Hall–Kier alpha value is 0.634. The molecule has 0 radical (unpaired) electrons. The SMILES string of the molecule is O=NO.[GaH3].[H-].[Li+]. The molecule has 0 fully saturated rings. The van der Waals surface area contributed by atoms with Crippen LogP contribution in [0.4, 0.5) is 0 Å². The third-order valence-electron chi connectivity index (χ3n) is 0. The normalized spacial score (nSPS) is 2.40. The minimum Gasteiger partial charge on any atom is -1.00 e. The van der Waals surface area contributed by atoms with Crippen LogP contribution in [0.25, 0.3) is 0 Å². The molecule has 5 heavy (non-hydrogen) atoms. The first kappa shape index (κ1) is 17.4. The van der Waals surface area contributed by atoms with E-state index in [1.807, 2.05) is 0 Å². The van der Waals surface area contributed by atoms with Gasteiger partial charge in [0.15, 0.2) is 5.34 Å². The van der Waals surface area contributed by atoms with Gasteiger partial charge in [-0.3, -0.25) is 0 Å². The van der Waals surface area contributed by atoms with Crippen molar-refractivity contribution in [3.63, 3.8) is 0 Å². The maximum absolute atomic E-state index is 8.11. The van der Waals surface area contributed by atoms with E-state index in [0.29, 0.717) is 0 Å². The van der Waals surface area contributed by atoms with Crippen LogP contribution in [0.1, 0.15) is 1.43 Å². The fraction of sp³-hybridized carbons (Fsp3) is 0. The number of nitrogens with zero attached hydrogens (tertiary/aromatic N) is 1. The predicted octanol–water partition coefficient (Wildman–Crippen LogP) is -3.93. The molecule has 0 unspecified atom stereocenters. The van der Waals surface area contributed by atoms with Crippen molar-refractivity contribution in [3.05, 3.63) is 4.91 Å². The van der Waals surface area contributed by atoms with E-state index in [4.69, 9.17) is 10.1 Å². The fourth-order valence-electron chi connectivity index (χ4n) is 0. The number of hydrogen-bond acceptors (Lipinski definition) is 2. The van der Waals surface area contributed by atoms with E-state index < -0.39 is 0 Å². The molecule has 0 aromatic heterocycles. The first-order chi connectivity index (χ1) is 1.41. The Labute approximate surface area is 55.8 Å². The van der Waals surface area contributed by atoms with E-state index in [1.165, 1.54) is 5.34 Å². The molecule has 26 valence electrons. The molecule has 0 bridgehead atoms. The third-order valence-corrected chi connectivity index (χ3v) is 0. The minimum absolute atomic E-state index is 0. The van der Waals surface area contributed by atoms with E-state index in [1.54, 1.807) is 0 Å². The van der Waals surface area contributed by atoms with Gasteiger partial charge in [0.2, 0.25) is 0 Å². The summed E-state index contributed by atoms with van der Waals surface area (Å²) in [5.41, 5.74) is 0. The fourth-order valence-corrected chi connectivity index (χ4v) is 0. The first-order valence-electron chi connectivity index (χ1n) is 0.383. The predicted molar refractivity (Wildman–Crippen MR) is 18.6 cm³/mol. The van der Waals surface area contributed by atoms with Gasteiger partial charge < -0.3 is 6.63 Å². The molecule has 0 aliphatic carbocycles. The van der Waals surface area contributed by atoms with Crippen LogP contribution in [-0.2, 0) is 0 Å². The Morgan fingerprint density at radius 2 is 1.80 bits per heavy atom. The summed E-state index contributed by atoms with van der Waals surface area (Å²) in [6.45, 7) is 0. The molecule has 0 aromatic rings. The van der Waals surface area contributed by atoms with Gasteiger partial charge in [-0.25, -0.2) is 0 Å². The molecule has 0 aliphatic rings. The average Bonchev–Trinajstić information content (AvgIpc) is 0.918. The van der Waals surface area contributed by atoms with Gasteiger partial charge in [-0.15, -0.1) is 4.91 Å². The molecule has 0 aromatic carbocycles. The van der Waals surface area contributed by atoms with Crippen molar-refractivity contribution in [3.8, 4) is 0 Å². The zero-order valence-electron chi connectivity index (χ0n) is 3.30. The smallest absolute Gasteiger partial charge is 1.00 e. The molecule has 0 saturated heterocycles. The molecule has 0 atom stereocenters. The van der Waals surface area contributed by atoms with Crippen molar-refractivity contribution in [1.82, 2.24) is 0 Å².